The Hall–Kier alpha value is -3.22. The first kappa shape index (κ1) is 21.0. The average Bonchev–Trinajstić information content (AvgIpc) is 2.82. The standard InChI is InChI=1S/C25H28N4O2/c1-2-28-14-16-29(17-15-28)19-20-5-9-22(10-6-20)27-25(30)21-7-11-23(12-8-21)31-24-4-3-13-26-18-24/h3-13,18H,2,14-17,19H2,1H3,(H,27,30). The Morgan fingerprint density at radius 2 is 1.65 bits per heavy atom. The summed E-state index contributed by atoms with van der Waals surface area (Å²) in [4.78, 5) is 21.6. The lowest BCUT2D eigenvalue weighted by Crippen LogP contribution is -2.45. The maximum atomic E-state index is 12.6. The number of pyridine rings is 1. The Labute approximate surface area is 183 Å². The quantitative estimate of drug-likeness (QED) is 0.624. The van der Waals surface area contributed by atoms with E-state index in [4.69, 9.17) is 4.74 Å². The number of carbonyl (C=O) groups is 1. The number of carbonyl (C=O) groups excluding carboxylic acids is 1. The van der Waals surface area contributed by atoms with E-state index >= 15 is 0 Å². The van der Waals surface area contributed by atoms with Crippen LogP contribution in [0.15, 0.2) is 73.1 Å². The molecule has 1 aromatic heterocycles. The summed E-state index contributed by atoms with van der Waals surface area (Å²) in [5.74, 6) is 1.18. The molecule has 4 rings (SSSR count). The Morgan fingerprint density at radius 1 is 0.935 bits per heavy atom. The van der Waals surface area contributed by atoms with E-state index in [-0.39, 0.29) is 5.91 Å². The molecule has 0 unspecified atom stereocenters. The van der Waals surface area contributed by atoms with Gasteiger partial charge in [0, 0.05) is 50.2 Å². The monoisotopic (exact) mass is 416 g/mol. The minimum absolute atomic E-state index is 0.142. The van der Waals surface area contributed by atoms with Crippen molar-refractivity contribution in [3.8, 4) is 11.5 Å². The van der Waals surface area contributed by atoms with E-state index in [2.05, 4.69) is 39.2 Å². The molecule has 1 aliphatic rings. The van der Waals surface area contributed by atoms with Gasteiger partial charge >= 0.3 is 0 Å². The molecule has 1 amide bonds. The van der Waals surface area contributed by atoms with Crippen LogP contribution in [0.2, 0.25) is 0 Å². The first-order valence-corrected chi connectivity index (χ1v) is 10.7. The summed E-state index contributed by atoms with van der Waals surface area (Å²) in [6, 6.07) is 18.8. The Morgan fingerprint density at radius 3 is 2.29 bits per heavy atom. The van der Waals surface area contributed by atoms with Crippen LogP contribution in [0.3, 0.4) is 0 Å². The highest BCUT2D eigenvalue weighted by atomic mass is 16.5. The van der Waals surface area contributed by atoms with Crippen molar-refractivity contribution >= 4 is 11.6 Å². The van der Waals surface area contributed by atoms with Gasteiger partial charge in [0.25, 0.3) is 5.91 Å². The molecule has 2 aromatic carbocycles. The number of nitrogens with one attached hydrogen (secondary N) is 1. The van der Waals surface area contributed by atoms with E-state index in [9.17, 15) is 4.79 Å². The van der Waals surface area contributed by atoms with Crippen LogP contribution in [0, 0.1) is 0 Å². The van der Waals surface area contributed by atoms with Crippen LogP contribution >= 0.6 is 0 Å². The van der Waals surface area contributed by atoms with E-state index in [1.807, 2.05) is 24.3 Å². The van der Waals surface area contributed by atoms with Crippen molar-refractivity contribution in [2.24, 2.45) is 0 Å². The molecule has 160 valence electrons. The molecule has 0 atom stereocenters. The van der Waals surface area contributed by atoms with Crippen LogP contribution in [0.25, 0.3) is 0 Å². The molecular formula is C25H28N4O2. The molecule has 0 bridgehead atoms. The van der Waals surface area contributed by atoms with Crippen molar-refractivity contribution < 1.29 is 9.53 Å². The largest absolute Gasteiger partial charge is 0.456 e. The molecule has 0 radical (unpaired) electrons. The molecule has 1 aliphatic heterocycles. The summed E-state index contributed by atoms with van der Waals surface area (Å²) < 4.78 is 5.72. The lowest BCUT2D eigenvalue weighted by Gasteiger charge is -2.34. The van der Waals surface area contributed by atoms with E-state index < -0.39 is 0 Å². The number of aromatic nitrogens is 1. The first-order chi connectivity index (χ1) is 15.2. The van der Waals surface area contributed by atoms with Crippen molar-refractivity contribution in [3.63, 3.8) is 0 Å². The number of amides is 1. The zero-order valence-corrected chi connectivity index (χ0v) is 17.8. The number of hydrogen-bond donors (Lipinski definition) is 1. The van der Waals surface area contributed by atoms with Crippen LogP contribution in [0.1, 0.15) is 22.8 Å². The molecule has 31 heavy (non-hydrogen) atoms. The number of piperazine rings is 1. The molecular weight excluding hydrogens is 388 g/mol. The minimum Gasteiger partial charge on any atom is -0.456 e. The molecule has 2 heterocycles. The van der Waals surface area contributed by atoms with Gasteiger partial charge in [-0.25, -0.2) is 0 Å². The molecule has 1 saturated heterocycles. The van der Waals surface area contributed by atoms with Crippen LogP contribution in [-0.4, -0.2) is 53.4 Å². The molecule has 6 nitrogen and oxygen atoms in total. The third-order valence-corrected chi connectivity index (χ3v) is 5.52. The highest BCUT2D eigenvalue weighted by Gasteiger charge is 2.15. The van der Waals surface area contributed by atoms with Crippen molar-refractivity contribution in [2.75, 3.05) is 38.0 Å². The van der Waals surface area contributed by atoms with Crippen LogP contribution < -0.4 is 10.1 Å². The first-order valence-electron chi connectivity index (χ1n) is 10.7. The van der Waals surface area contributed by atoms with Gasteiger partial charge in [0.2, 0.25) is 0 Å². The lowest BCUT2D eigenvalue weighted by atomic mass is 10.1. The van der Waals surface area contributed by atoms with Gasteiger partial charge in [-0.3, -0.25) is 14.7 Å². The van der Waals surface area contributed by atoms with Gasteiger partial charge in [0.1, 0.15) is 11.5 Å². The Bertz CT molecular complexity index is 967. The SMILES string of the molecule is CCN1CCN(Cc2ccc(NC(=O)c3ccc(Oc4cccnc4)cc3)cc2)CC1. The number of ether oxygens (including phenoxy) is 1. The summed E-state index contributed by atoms with van der Waals surface area (Å²) in [5, 5.41) is 2.96. The number of hydrogen-bond acceptors (Lipinski definition) is 5. The zero-order chi connectivity index (χ0) is 21.5. The number of benzene rings is 2. The topological polar surface area (TPSA) is 57.7 Å². The summed E-state index contributed by atoms with van der Waals surface area (Å²) in [6.45, 7) is 8.77. The predicted octanol–water partition coefficient (Wildman–Crippen LogP) is 4.26. The lowest BCUT2D eigenvalue weighted by molar-refractivity contribution is 0.102. The van der Waals surface area contributed by atoms with Gasteiger partial charge in [0.05, 0.1) is 6.20 Å². The average molecular weight is 417 g/mol. The fourth-order valence-electron chi connectivity index (χ4n) is 3.64. The molecule has 0 aliphatic carbocycles. The molecule has 0 saturated carbocycles. The highest BCUT2D eigenvalue weighted by Crippen LogP contribution is 2.21. The number of likely N-dealkylation sites (N-methyl/N-ethyl adjacent to an activating group) is 1. The summed E-state index contributed by atoms with van der Waals surface area (Å²) in [6.07, 6.45) is 3.34. The third kappa shape index (κ3) is 5.90. The van der Waals surface area contributed by atoms with Gasteiger partial charge in [-0.15, -0.1) is 0 Å². The smallest absolute Gasteiger partial charge is 0.255 e. The van der Waals surface area contributed by atoms with Crippen molar-refractivity contribution in [2.45, 2.75) is 13.5 Å². The fraction of sp³-hybridized carbons (Fsp3) is 0.280. The van der Waals surface area contributed by atoms with Crippen LogP contribution in [0.4, 0.5) is 5.69 Å². The second-order valence-electron chi connectivity index (χ2n) is 7.68. The molecule has 1 N–H and O–H groups in total. The second kappa shape index (κ2) is 10.2. The highest BCUT2D eigenvalue weighted by molar-refractivity contribution is 6.04. The normalized spacial score (nSPS) is 14.9. The van der Waals surface area contributed by atoms with E-state index in [0.717, 1.165) is 45.0 Å². The van der Waals surface area contributed by atoms with Gasteiger partial charge < -0.3 is 15.0 Å². The Kier molecular flexibility index (Phi) is 6.92. The molecule has 3 aromatic rings. The van der Waals surface area contributed by atoms with Crippen LogP contribution in [0.5, 0.6) is 11.5 Å². The molecule has 0 spiro atoms. The Balaban J connectivity index is 1.29. The van der Waals surface area contributed by atoms with E-state index in [1.54, 1.807) is 36.7 Å². The van der Waals surface area contributed by atoms with E-state index in [1.165, 1.54) is 5.56 Å². The van der Waals surface area contributed by atoms with Gasteiger partial charge in [-0.2, -0.15) is 0 Å². The van der Waals surface area contributed by atoms with Gasteiger partial charge in [0.15, 0.2) is 0 Å². The predicted molar refractivity (Wildman–Crippen MR) is 123 cm³/mol. The minimum atomic E-state index is -0.142. The zero-order valence-electron chi connectivity index (χ0n) is 17.8. The second-order valence-corrected chi connectivity index (χ2v) is 7.68. The maximum Gasteiger partial charge on any atom is 0.255 e. The maximum absolute atomic E-state index is 12.6. The van der Waals surface area contributed by atoms with Crippen molar-refractivity contribution in [1.82, 2.24) is 14.8 Å². The fourth-order valence-corrected chi connectivity index (χ4v) is 3.64. The molecule has 1 fully saturated rings. The van der Waals surface area contributed by atoms with Crippen molar-refractivity contribution in [3.05, 3.63) is 84.2 Å². The summed E-state index contributed by atoms with van der Waals surface area (Å²) in [5.41, 5.74) is 2.64. The number of anilines is 1. The number of rotatable bonds is 7. The number of nitrogens with zero attached hydrogens (tertiary/aromatic N) is 3. The van der Waals surface area contributed by atoms with Gasteiger partial charge in [-0.1, -0.05) is 19.1 Å². The third-order valence-electron chi connectivity index (χ3n) is 5.52. The molecule has 6 heteroatoms. The van der Waals surface area contributed by atoms with E-state index in [0.29, 0.717) is 17.1 Å². The van der Waals surface area contributed by atoms with Gasteiger partial charge in [-0.05, 0) is 60.6 Å². The summed E-state index contributed by atoms with van der Waals surface area (Å²) >= 11 is 0. The van der Waals surface area contributed by atoms with Crippen molar-refractivity contribution in [1.29, 1.82) is 0 Å². The van der Waals surface area contributed by atoms with Crippen LogP contribution in [-0.2, 0) is 6.54 Å². The summed E-state index contributed by atoms with van der Waals surface area (Å²) in [7, 11) is 0.